The van der Waals surface area contributed by atoms with Gasteiger partial charge in [-0.15, -0.1) is 0 Å². The van der Waals surface area contributed by atoms with E-state index in [1.165, 1.54) is 12.8 Å². The normalized spacial score (nSPS) is 13.1. The van der Waals surface area contributed by atoms with E-state index in [9.17, 15) is 0 Å². The Labute approximate surface area is 98.7 Å². The summed E-state index contributed by atoms with van der Waals surface area (Å²) in [4.78, 5) is 8.65. The van der Waals surface area contributed by atoms with E-state index in [2.05, 4.69) is 36.1 Å². The molecular weight excluding hydrogens is 198 g/mol. The van der Waals surface area contributed by atoms with Crippen LogP contribution in [0.5, 0.6) is 0 Å². The monoisotopic (exact) mass is 221 g/mol. The molecule has 0 amide bonds. The highest BCUT2D eigenvalue weighted by Gasteiger charge is 2.11. The molecule has 0 aliphatic rings. The maximum absolute atomic E-state index is 4.38. The van der Waals surface area contributed by atoms with Gasteiger partial charge in [-0.25, -0.2) is 0 Å². The summed E-state index contributed by atoms with van der Waals surface area (Å²) in [7, 11) is 0. The molecule has 1 heterocycles. The first-order valence-corrected chi connectivity index (χ1v) is 6.19. The van der Waals surface area contributed by atoms with Crippen molar-refractivity contribution >= 4 is 0 Å². The zero-order chi connectivity index (χ0) is 12.0. The fourth-order valence-electron chi connectivity index (χ4n) is 1.86. The summed E-state index contributed by atoms with van der Waals surface area (Å²) in [5, 5.41) is 3.54. The van der Waals surface area contributed by atoms with Crippen molar-refractivity contribution in [3.05, 3.63) is 23.8 Å². The molecule has 0 radical (unpaired) electrons. The largest absolute Gasteiger partial charge is 0.309 e. The standard InChI is InChI=1S/C13H23N3/c1-5-12(6-2)9-16-11(4)13-10(3)14-7-8-15-13/h7-8,11-12,16H,5-6,9H2,1-4H3. The van der Waals surface area contributed by atoms with Crippen molar-refractivity contribution in [2.45, 2.75) is 46.6 Å². The number of nitrogens with zero attached hydrogens (tertiary/aromatic N) is 2. The maximum Gasteiger partial charge on any atom is 0.0782 e. The third-order valence-electron chi connectivity index (χ3n) is 3.20. The van der Waals surface area contributed by atoms with Crippen molar-refractivity contribution in [3.8, 4) is 0 Å². The summed E-state index contributed by atoms with van der Waals surface area (Å²) >= 11 is 0. The van der Waals surface area contributed by atoms with Gasteiger partial charge in [0.25, 0.3) is 0 Å². The van der Waals surface area contributed by atoms with E-state index >= 15 is 0 Å². The molecule has 1 aromatic rings. The summed E-state index contributed by atoms with van der Waals surface area (Å²) in [5.74, 6) is 0.763. The zero-order valence-electron chi connectivity index (χ0n) is 10.8. The highest BCUT2D eigenvalue weighted by Crippen LogP contribution is 2.13. The first-order chi connectivity index (χ1) is 7.69. The lowest BCUT2D eigenvalue weighted by atomic mass is 10.0. The average molecular weight is 221 g/mol. The number of rotatable bonds is 6. The van der Waals surface area contributed by atoms with Crippen molar-refractivity contribution in [2.24, 2.45) is 5.92 Å². The molecule has 1 aromatic heterocycles. The van der Waals surface area contributed by atoms with Gasteiger partial charge >= 0.3 is 0 Å². The van der Waals surface area contributed by atoms with Crippen LogP contribution in [0.3, 0.4) is 0 Å². The summed E-state index contributed by atoms with van der Waals surface area (Å²) in [6.07, 6.45) is 5.97. The van der Waals surface area contributed by atoms with Crippen LogP contribution in [0, 0.1) is 12.8 Å². The molecule has 0 aliphatic heterocycles. The maximum atomic E-state index is 4.38. The summed E-state index contributed by atoms with van der Waals surface area (Å²) in [5.41, 5.74) is 2.08. The molecule has 1 atom stereocenters. The molecule has 0 fully saturated rings. The van der Waals surface area contributed by atoms with Crippen molar-refractivity contribution in [1.29, 1.82) is 0 Å². The van der Waals surface area contributed by atoms with Crippen LogP contribution in [0.1, 0.15) is 51.0 Å². The lowest BCUT2D eigenvalue weighted by molar-refractivity contribution is 0.418. The van der Waals surface area contributed by atoms with Gasteiger partial charge < -0.3 is 5.32 Å². The Morgan fingerprint density at radius 1 is 1.19 bits per heavy atom. The number of nitrogens with one attached hydrogen (secondary N) is 1. The Morgan fingerprint density at radius 3 is 2.38 bits per heavy atom. The Bertz CT molecular complexity index is 308. The van der Waals surface area contributed by atoms with E-state index in [0.717, 1.165) is 23.9 Å². The molecule has 3 nitrogen and oxygen atoms in total. The quantitative estimate of drug-likeness (QED) is 0.802. The highest BCUT2D eigenvalue weighted by atomic mass is 14.9. The van der Waals surface area contributed by atoms with Crippen molar-refractivity contribution in [1.82, 2.24) is 15.3 Å². The van der Waals surface area contributed by atoms with E-state index in [1.54, 1.807) is 12.4 Å². The van der Waals surface area contributed by atoms with Gasteiger partial charge in [0, 0.05) is 18.4 Å². The molecule has 16 heavy (non-hydrogen) atoms. The van der Waals surface area contributed by atoms with Crippen LogP contribution in [0.4, 0.5) is 0 Å². The average Bonchev–Trinajstić information content (AvgIpc) is 2.30. The van der Waals surface area contributed by atoms with Crippen LogP contribution in [-0.2, 0) is 0 Å². The summed E-state index contributed by atoms with van der Waals surface area (Å²) < 4.78 is 0. The third kappa shape index (κ3) is 3.56. The van der Waals surface area contributed by atoms with E-state index in [4.69, 9.17) is 0 Å². The van der Waals surface area contributed by atoms with Gasteiger partial charge in [-0.05, 0) is 26.3 Å². The van der Waals surface area contributed by atoms with E-state index in [1.807, 2.05) is 6.92 Å². The molecule has 0 saturated carbocycles. The number of aromatic nitrogens is 2. The first-order valence-electron chi connectivity index (χ1n) is 6.19. The third-order valence-corrected chi connectivity index (χ3v) is 3.20. The van der Waals surface area contributed by atoms with Crippen molar-refractivity contribution < 1.29 is 0 Å². The summed E-state index contributed by atoms with van der Waals surface area (Å²) in [6.45, 7) is 9.71. The van der Waals surface area contributed by atoms with Crippen LogP contribution in [-0.4, -0.2) is 16.5 Å². The first kappa shape index (κ1) is 13.1. The van der Waals surface area contributed by atoms with Crippen LogP contribution < -0.4 is 5.32 Å². The van der Waals surface area contributed by atoms with Crippen LogP contribution in [0.15, 0.2) is 12.4 Å². The minimum absolute atomic E-state index is 0.286. The van der Waals surface area contributed by atoms with Gasteiger partial charge in [0.05, 0.1) is 11.4 Å². The van der Waals surface area contributed by atoms with Gasteiger partial charge in [-0.2, -0.15) is 0 Å². The molecule has 1 N–H and O–H groups in total. The fourth-order valence-corrected chi connectivity index (χ4v) is 1.86. The second-order valence-corrected chi connectivity index (χ2v) is 4.34. The zero-order valence-corrected chi connectivity index (χ0v) is 10.8. The predicted octanol–water partition coefficient (Wildman–Crippen LogP) is 2.87. The molecule has 90 valence electrons. The molecule has 0 bridgehead atoms. The van der Waals surface area contributed by atoms with Crippen LogP contribution in [0.25, 0.3) is 0 Å². The molecular formula is C13H23N3. The number of hydrogen-bond donors (Lipinski definition) is 1. The van der Waals surface area contributed by atoms with Gasteiger partial charge in [0.1, 0.15) is 0 Å². The lowest BCUT2D eigenvalue weighted by Crippen LogP contribution is -2.26. The Hall–Kier alpha value is -0.960. The van der Waals surface area contributed by atoms with Gasteiger partial charge in [0.15, 0.2) is 0 Å². The second kappa shape index (κ2) is 6.59. The van der Waals surface area contributed by atoms with Crippen molar-refractivity contribution in [2.75, 3.05) is 6.54 Å². The fraction of sp³-hybridized carbons (Fsp3) is 0.692. The van der Waals surface area contributed by atoms with Gasteiger partial charge in [-0.3, -0.25) is 9.97 Å². The van der Waals surface area contributed by atoms with E-state index < -0.39 is 0 Å². The SMILES string of the molecule is CCC(CC)CNC(C)c1nccnc1C. The van der Waals surface area contributed by atoms with Crippen molar-refractivity contribution in [3.63, 3.8) is 0 Å². The predicted molar refractivity (Wildman–Crippen MR) is 67.3 cm³/mol. The number of hydrogen-bond acceptors (Lipinski definition) is 3. The molecule has 0 saturated heterocycles. The number of aryl methyl sites for hydroxylation is 1. The molecule has 1 rings (SSSR count). The smallest absolute Gasteiger partial charge is 0.0782 e. The topological polar surface area (TPSA) is 37.8 Å². The molecule has 1 unspecified atom stereocenters. The Kier molecular flexibility index (Phi) is 5.39. The molecule has 0 spiro atoms. The van der Waals surface area contributed by atoms with Gasteiger partial charge in [-0.1, -0.05) is 26.7 Å². The van der Waals surface area contributed by atoms with Crippen LogP contribution >= 0.6 is 0 Å². The minimum atomic E-state index is 0.286. The molecule has 3 heteroatoms. The molecule has 0 aliphatic carbocycles. The molecule has 0 aromatic carbocycles. The van der Waals surface area contributed by atoms with E-state index in [0.29, 0.717) is 0 Å². The van der Waals surface area contributed by atoms with Crippen LogP contribution in [0.2, 0.25) is 0 Å². The summed E-state index contributed by atoms with van der Waals surface area (Å²) in [6, 6.07) is 0.286. The minimum Gasteiger partial charge on any atom is -0.309 e. The Balaban J connectivity index is 2.52. The highest BCUT2D eigenvalue weighted by molar-refractivity contribution is 5.12. The van der Waals surface area contributed by atoms with E-state index in [-0.39, 0.29) is 6.04 Å². The van der Waals surface area contributed by atoms with Gasteiger partial charge in [0.2, 0.25) is 0 Å². The second-order valence-electron chi connectivity index (χ2n) is 4.34. The Morgan fingerprint density at radius 2 is 1.81 bits per heavy atom. The lowest BCUT2D eigenvalue weighted by Gasteiger charge is -2.18.